The minimum atomic E-state index is 0.0398. The standard InChI is InChI=1S/C13H14Cl2N2/c1-9(16)10-5-6-17(7-10)8-11-12(14)3-2-4-13(11)15/h2-7,9H,8,16H2,1H3. The Hall–Kier alpha value is -0.960. The SMILES string of the molecule is CC(N)c1ccn(Cc2c(Cl)cccc2Cl)c1. The van der Waals surface area contributed by atoms with Gasteiger partial charge in [0.1, 0.15) is 0 Å². The fourth-order valence-electron chi connectivity index (χ4n) is 1.69. The molecule has 1 atom stereocenters. The lowest BCUT2D eigenvalue weighted by Gasteiger charge is -2.08. The number of nitrogens with zero attached hydrogens (tertiary/aromatic N) is 1. The summed E-state index contributed by atoms with van der Waals surface area (Å²) in [6, 6.07) is 7.59. The molecule has 2 nitrogen and oxygen atoms in total. The minimum absolute atomic E-state index is 0.0398. The van der Waals surface area contributed by atoms with Crippen molar-refractivity contribution < 1.29 is 0 Å². The number of hydrogen-bond donors (Lipinski definition) is 1. The zero-order chi connectivity index (χ0) is 12.4. The van der Waals surface area contributed by atoms with E-state index in [0.717, 1.165) is 11.1 Å². The zero-order valence-electron chi connectivity index (χ0n) is 9.53. The molecule has 0 aliphatic heterocycles. The van der Waals surface area contributed by atoms with E-state index >= 15 is 0 Å². The van der Waals surface area contributed by atoms with Crippen molar-refractivity contribution >= 4 is 23.2 Å². The van der Waals surface area contributed by atoms with Crippen LogP contribution >= 0.6 is 23.2 Å². The van der Waals surface area contributed by atoms with Crippen LogP contribution in [0.1, 0.15) is 24.1 Å². The van der Waals surface area contributed by atoms with Crippen LogP contribution in [-0.4, -0.2) is 4.57 Å². The van der Waals surface area contributed by atoms with Gasteiger partial charge in [-0.15, -0.1) is 0 Å². The predicted octanol–water partition coefficient (Wildman–Crippen LogP) is 3.86. The lowest BCUT2D eigenvalue weighted by Crippen LogP contribution is -2.04. The van der Waals surface area contributed by atoms with Gasteiger partial charge in [0, 0.05) is 40.6 Å². The molecule has 1 aromatic carbocycles. The Morgan fingerprint density at radius 1 is 1.24 bits per heavy atom. The molecule has 0 bridgehead atoms. The van der Waals surface area contributed by atoms with Crippen LogP contribution < -0.4 is 5.73 Å². The first-order chi connectivity index (χ1) is 8.08. The van der Waals surface area contributed by atoms with Crippen molar-refractivity contribution in [1.29, 1.82) is 0 Å². The van der Waals surface area contributed by atoms with Gasteiger partial charge in [-0.1, -0.05) is 29.3 Å². The molecule has 1 heterocycles. The lowest BCUT2D eigenvalue weighted by molar-refractivity contribution is 0.778. The van der Waals surface area contributed by atoms with E-state index in [4.69, 9.17) is 28.9 Å². The van der Waals surface area contributed by atoms with Crippen LogP contribution in [0.4, 0.5) is 0 Å². The summed E-state index contributed by atoms with van der Waals surface area (Å²) in [5.74, 6) is 0. The highest BCUT2D eigenvalue weighted by molar-refractivity contribution is 6.35. The quantitative estimate of drug-likeness (QED) is 0.901. The van der Waals surface area contributed by atoms with Gasteiger partial charge < -0.3 is 10.3 Å². The molecule has 2 rings (SSSR count). The molecule has 0 spiro atoms. The van der Waals surface area contributed by atoms with E-state index in [9.17, 15) is 0 Å². The van der Waals surface area contributed by atoms with Crippen molar-refractivity contribution in [3.63, 3.8) is 0 Å². The van der Waals surface area contributed by atoms with Crippen molar-refractivity contribution in [2.75, 3.05) is 0 Å². The third-order valence-electron chi connectivity index (χ3n) is 2.70. The summed E-state index contributed by atoms with van der Waals surface area (Å²) in [6.07, 6.45) is 4.00. The first-order valence-electron chi connectivity index (χ1n) is 5.42. The van der Waals surface area contributed by atoms with Gasteiger partial charge >= 0.3 is 0 Å². The van der Waals surface area contributed by atoms with Gasteiger partial charge in [0.25, 0.3) is 0 Å². The monoisotopic (exact) mass is 268 g/mol. The van der Waals surface area contributed by atoms with E-state index in [-0.39, 0.29) is 6.04 Å². The number of nitrogens with two attached hydrogens (primary N) is 1. The van der Waals surface area contributed by atoms with Crippen molar-refractivity contribution in [2.45, 2.75) is 19.5 Å². The highest BCUT2D eigenvalue weighted by Gasteiger charge is 2.07. The molecule has 0 saturated heterocycles. The maximum atomic E-state index is 6.13. The Balaban J connectivity index is 2.25. The van der Waals surface area contributed by atoms with E-state index in [1.807, 2.05) is 48.1 Å². The minimum Gasteiger partial charge on any atom is -0.349 e. The molecule has 1 unspecified atom stereocenters. The molecular weight excluding hydrogens is 255 g/mol. The molecule has 0 fully saturated rings. The molecule has 0 aliphatic rings. The van der Waals surface area contributed by atoms with Gasteiger partial charge in [-0.3, -0.25) is 0 Å². The summed E-state index contributed by atoms with van der Waals surface area (Å²) in [6.45, 7) is 2.62. The molecule has 17 heavy (non-hydrogen) atoms. The molecule has 0 aliphatic carbocycles. The van der Waals surface area contributed by atoms with Crippen molar-refractivity contribution in [3.05, 3.63) is 57.8 Å². The van der Waals surface area contributed by atoms with Gasteiger partial charge in [0.15, 0.2) is 0 Å². The Kier molecular flexibility index (Phi) is 3.77. The first-order valence-corrected chi connectivity index (χ1v) is 6.17. The summed E-state index contributed by atoms with van der Waals surface area (Å²) in [5.41, 5.74) is 7.85. The van der Waals surface area contributed by atoms with E-state index in [1.54, 1.807) is 0 Å². The number of hydrogen-bond acceptors (Lipinski definition) is 1. The van der Waals surface area contributed by atoms with Crippen molar-refractivity contribution in [3.8, 4) is 0 Å². The second-order valence-corrected chi connectivity index (χ2v) is 4.92. The predicted molar refractivity (Wildman–Crippen MR) is 72.6 cm³/mol. The summed E-state index contributed by atoms with van der Waals surface area (Å²) < 4.78 is 2.03. The Morgan fingerprint density at radius 2 is 1.88 bits per heavy atom. The lowest BCUT2D eigenvalue weighted by atomic mass is 10.2. The molecule has 0 radical (unpaired) electrons. The molecular formula is C13H14Cl2N2. The maximum Gasteiger partial charge on any atom is 0.0499 e. The zero-order valence-corrected chi connectivity index (χ0v) is 11.0. The molecule has 0 saturated carbocycles. The fraction of sp³-hybridized carbons (Fsp3) is 0.231. The van der Waals surface area contributed by atoms with Gasteiger partial charge in [0.2, 0.25) is 0 Å². The van der Waals surface area contributed by atoms with Gasteiger partial charge in [0.05, 0.1) is 0 Å². The Labute approximate surface area is 111 Å². The number of benzene rings is 1. The van der Waals surface area contributed by atoms with E-state index in [2.05, 4.69) is 0 Å². The van der Waals surface area contributed by atoms with E-state index in [0.29, 0.717) is 16.6 Å². The first kappa shape index (κ1) is 12.5. The van der Waals surface area contributed by atoms with Crippen molar-refractivity contribution in [2.24, 2.45) is 5.73 Å². The normalized spacial score (nSPS) is 12.7. The molecule has 90 valence electrons. The molecule has 0 amide bonds. The van der Waals surface area contributed by atoms with Gasteiger partial charge in [-0.2, -0.15) is 0 Å². The fourth-order valence-corrected chi connectivity index (χ4v) is 2.21. The molecule has 1 aromatic heterocycles. The summed E-state index contributed by atoms with van der Waals surface area (Å²) in [7, 11) is 0. The number of rotatable bonds is 3. The smallest absolute Gasteiger partial charge is 0.0499 e. The van der Waals surface area contributed by atoms with E-state index < -0.39 is 0 Å². The molecule has 4 heteroatoms. The van der Waals surface area contributed by atoms with Crippen LogP contribution in [0.25, 0.3) is 0 Å². The van der Waals surface area contributed by atoms with Crippen LogP contribution in [0.5, 0.6) is 0 Å². The second kappa shape index (κ2) is 5.13. The van der Waals surface area contributed by atoms with Crippen molar-refractivity contribution in [1.82, 2.24) is 4.57 Å². The third-order valence-corrected chi connectivity index (χ3v) is 3.41. The van der Waals surface area contributed by atoms with Crippen LogP contribution in [-0.2, 0) is 6.54 Å². The Morgan fingerprint density at radius 3 is 2.41 bits per heavy atom. The largest absolute Gasteiger partial charge is 0.349 e. The number of aromatic nitrogens is 1. The van der Waals surface area contributed by atoms with E-state index in [1.165, 1.54) is 0 Å². The second-order valence-electron chi connectivity index (χ2n) is 4.11. The molecule has 2 N–H and O–H groups in total. The summed E-state index contributed by atoms with van der Waals surface area (Å²) in [5, 5.41) is 1.38. The van der Waals surface area contributed by atoms with Crippen LogP contribution in [0.2, 0.25) is 10.0 Å². The average Bonchev–Trinajstić information content (AvgIpc) is 2.72. The van der Waals surface area contributed by atoms with Gasteiger partial charge in [-0.05, 0) is 30.7 Å². The maximum absolute atomic E-state index is 6.13. The molecule has 2 aromatic rings. The average molecular weight is 269 g/mol. The topological polar surface area (TPSA) is 30.9 Å². The Bertz CT molecular complexity index is 498. The third kappa shape index (κ3) is 2.83. The van der Waals surface area contributed by atoms with Crippen LogP contribution in [0.3, 0.4) is 0 Å². The highest BCUT2D eigenvalue weighted by atomic mass is 35.5. The van der Waals surface area contributed by atoms with Gasteiger partial charge in [-0.25, -0.2) is 0 Å². The van der Waals surface area contributed by atoms with Crippen LogP contribution in [0.15, 0.2) is 36.7 Å². The number of halogens is 2. The summed E-state index contributed by atoms with van der Waals surface area (Å²) >= 11 is 12.3. The summed E-state index contributed by atoms with van der Waals surface area (Å²) in [4.78, 5) is 0. The van der Waals surface area contributed by atoms with Crippen LogP contribution in [0, 0.1) is 0 Å². The highest BCUT2D eigenvalue weighted by Crippen LogP contribution is 2.25.